The molecule has 0 saturated carbocycles. The van der Waals surface area contributed by atoms with E-state index < -0.39 is 12.2 Å². The van der Waals surface area contributed by atoms with Crippen molar-refractivity contribution in [3.05, 3.63) is 28.8 Å². The molecule has 1 atom stereocenters. The van der Waals surface area contributed by atoms with E-state index in [1.165, 1.54) is 0 Å². The summed E-state index contributed by atoms with van der Waals surface area (Å²) in [5.41, 5.74) is 1.66. The van der Waals surface area contributed by atoms with E-state index in [-0.39, 0.29) is 6.54 Å². The molecule has 1 aromatic carbocycles. The third kappa shape index (κ3) is 2.90. The molecule has 0 spiro atoms. The lowest BCUT2D eigenvalue weighted by molar-refractivity contribution is -0.155. The van der Waals surface area contributed by atoms with E-state index in [1.807, 2.05) is 13.0 Å². The fraction of sp³-hybridized carbons (Fsp3) is 0.500. The summed E-state index contributed by atoms with van der Waals surface area (Å²) in [6, 6.07) is 3.83. The average Bonchev–Trinajstić information content (AvgIpc) is 2.32. The molecule has 1 N–H and O–H groups in total. The zero-order valence-electron chi connectivity index (χ0n) is 9.89. The van der Waals surface area contributed by atoms with Crippen molar-refractivity contribution in [1.82, 2.24) is 5.32 Å². The van der Waals surface area contributed by atoms with E-state index in [0.29, 0.717) is 18.1 Å². The van der Waals surface area contributed by atoms with Gasteiger partial charge in [-0.25, -0.2) is 0 Å². The van der Waals surface area contributed by atoms with Crippen molar-refractivity contribution in [1.29, 1.82) is 0 Å². The Balaban J connectivity index is 2.15. The number of aryl methyl sites for hydroxylation is 1. The first-order valence-electron chi connectivity index (χ1n) is 5.69. The Morgan fingerprint density at radius 3 is 2.72 bits per heavy atom. The third-order valence-electron chi connectivity index (χ3n) is 3.08. The molecule has 1 fully saturated rings. The van der Waals surface area contributed by atoms with E-state index in [0.717, 1.165) is 11.3 Å². The average molecular weight is 279 g/mol. The maximum atomic E-state index is 12.7. The van der Waals surface area contributed by atoms with Crippen LogP contribution in [0.3, 0.4) is 0 Å². The molecule has 1 aromatic rings. The summed E-state index contributed by atoms with van der Waals surface area (Å²) in [4.78, 5) is 1.73. The molecule has 6 heteroatoms. The molecule has 0 radical (unpaired) electrons. The number of halogens is 4. The molecule has 1 aliphatic heterocycles. The molecule has 0 amide bonds. The third-order valence-corrected chi connectivity index (χ3v) is 3.50. The summed E-state index contributed by atoms with van der Waals surface area (Å²) in [6.07, 6.45) is -4.21. The Hall–Kier alpha value is -0.940. The maximum absolute atomic E-state index is 12.7. The highest BCUT2D eigenvalue weighted by molar-refractivity contribution is 6.31. The van der Waals surface area contributed by atoms with Crippen LogP contribution in [0.5, 0.6) is 0 Å². The van der Waals surface area contributed by atoms with Gasteiger partial charge in [-0.3, -0.25) is 0 Å². The van der Waals surface area contributed by atoms with Crippen LogP contribution in [-0.2, 0) is 0 Å². The fourth-order valence-electron chi connectivity index (χ4n) is 2.03. The normalized spacial score (nSPS) is 21.2. The van der Waals surface area contributed by atoms with Gasteiger partial charge in [0.25, 0.3) is 0 Å². The quantitative estimate of drug-likeness (QED) is 0.850. The van der Waals surface area contributed by atoms with Gasteiger partial charge in [0.2, 0.25) is 0 Å². The largest absolute Gasteiger partial charge is 0.405 e. The van der Waals surface area contributed by atoms with Gasteiger partial charge in [-0.05, 0) is 30.7 Å². The first-order chi connectivity index (χ1) is 8.38. The van der Waals surface area contributed by atoms with Crippen LogP contribution >= 0.6 is 11.6 Å². The van der Waals surface area contributed by atoms with Gasteiger partial charge in [-0.2, -0.15) is 13.2 Å². The second-order valence-corrected chi connectivity index (χ2v) is 4.84. The lowest BCUT2D eigenvalue weighted by Gasteiger charge is -2.36. The van der Waals surface area contributed by atoms with Gasteiger partial charge in [0, 0.05) is 30.3 Å². The van der Waals surface area contributed by atoms with Crippen LogP contribution in [0.25, 0.3) is 0 Å². The zero-order valence-corrected chi connectivity index (χ0v) is 10.6. The summed E-state index contributed by atoms with van der Waals surface area (Å²) >= 11 is 5.91. The maximum Gasteiger partial charge on any atom is 0.405 e. The number of nitrogens with zero attached hydrogens (tertiary/aromatic N) is 1. The number of hydrogen-bond donors (Lipinski definition) is 1. The topological polar surface area (TPSA) is 15.3 Å². The van der Waals surface area contributed by atoms with Crippen LogP contribution in [0, 0.1) is 6.92 Å². The van der Waals surface area contributed by atoms with Crippen molar-refractivity contribution in [2.45, 2.75) is 19.1 Å². The second-order valence-electron chi connectivity index (χ2n) is 4.43. The molecule has 1 heterocycles. The smallest absolute Gasteiger partial charge is 0.368 e. The van der Waals surface area contributed by atoms with Crippen molar-refractivity contribution >= 4 is 17.3 Å². The van der Waals surface area contributed by atoms with Crippen molar-refractivity contribution in [3.8, 4) is 0 Å². The molecular weight excluding hydrogens is 265 g/mol. The molecule has 0 aromatic heterocycles. The number of piperazine rings is 1. The number of alkyl halides is 3. The van der Waals surface area contributed by atoms with Crippen LogP contribution in [0.2, 0.25) is 5.02 Å². The molecule has 1 aliphatic rings. The highest BCUT2D eigenvalue weighted by Crippen LogP contribution is 2.27. The van der Waals surface area contributed by atoms with Gasteiger partial charge in [0.1, 0.15) is 6.04 Å². The number of anilines is 1. The SMILES string of the molecule is Cc1cc(N2CCNC(C(F)(F)F)C2)ccc1Cl. The van der Waals surface area contributed by atoms with E-state index >= 15 is 0 Å². The lowest BCUT2D eigenvalue weighted by atomic mass is 10.1. The molecular formula is C12H14ClF3N2. The van der Waals surface area contributed by atoms with Gasteiger partial charge < -0.3 is 10.2 Å². The highest BCUT2D eigenvalue weighted by atomic mass is 35.5. The Bertz CT molecular complexity index is 434. The summed E-state index contributed by atoms with van der Waals surface area (Å²) < 4.78 is 38.0. The van der Waals surface area contributed by atoms with Gasteiger partial charge >= 0.3 is 6.18 Å². The molecule has 1 unspecified atom stereocenters. The van der Waals surface area contributed by atoms with Gasteiger partial charge in [0.15, 0.2) is 0 Å². The van der Waals surface area contributed by atoms with Gasteiger partial charge in [0.05, 0.1) is 0 Å². The minimum atomic E-state index is -4.21. The summed E-state index contributed by atoms with van der Waals surface area (Å²) in [6.45, 7) is 2.67. The Kier molecular flexibility index (Phi) is 3.73. The minimum Gasteiger partial charge on any atom is -0.368 e. The molecule has 1 saturated heterocycles. The van der Waals surface area contributed by atoms with E-state index in [2.05, 4.69) is 5.32 Å². The Morgan fingerprint density at radius 2 is 2.11 bits per heavy atom. The van der Waals surface area contributed by atoms with Crippen LogP contribution in [0.15, 0.2) is 18.2 Å². The van der Waals surface area contributed by atoms with Gasteiger partial charge in [-0.15, -0.1) is 0 Å². The Labute approximate surface area is 109 Å². The fourth-order valence-corrected chi connectivity index (χ4v) is 2.15. The zero-order chi connectivity index (χ0) is 13.3. The van der Waals surface area contributed by atoms with Crippen LogP contribution < -0.4 is 10.2 Å². The standard InChI is InChI=1S/C12H14ClF3N2/c1-8-6-9(2-3-10(8)13)18-5-4-17-11(7-18)12(14,15)16/h2-3,6,11,17H,4-5,7H2,1H3. The van der Waals surface area contributed by atoms with E-state index in [9.17, 15) is 13.2 Å². The lowest BCUT2D eigenvalue weighted by Crippen LogP contribution is -2.57. The predicted molar refractivity (Wildman–Crippen MR) is 66.2 cm³/mol. The molecule has 2 rings (SSSR count). The number of rotatable bonds is 1. The molecule has 0 bridgehead atoms. The van der Waals surface area contributed by atoms with Crippen LogP contribution in [0.4, 0.5) is 18.9 Å². The number of hydrogen-bond acceptors (Lipinski definition) is 2. The Morgan fingerprint density at radius 1 is 1.39 bits per heavy atom. The monoisotopic (exact) mass is 278 g/mol. The van der Waals surface area contributed by atoms with Crippen molar-refractivity contribution in [3.63, 3.8) is 0 Å². The van der Waals surface area contributed by atoms with Crippen LogP contribution in [0.1, 0.15) is 5.56 Å². The van der Waals surface area contributed by atoms with Crippen molar-refractivity contribution in [2.24, 2.45) is 0 Å². The number of nitrogens with one attached hydrogen (secondary N) is 1. The molecule has 18 heavy (non-hydrogen) atoms. The van der Waals surface area contributed by atoms with Gasteiger partial charge in [-0.1, -0.05) is 11.6 Å². The van der Waals surface area contributed by atoms with Crippen molar-refractivity contribution in [2.75, 3.05) is 24.5 Å². The first-order valence-corrected chi connectivity index (χ1v) is 6.07. The molecule has 100 valence electrons. The van der Waals surface area contributed by atoms with Crippen molar-refractivity contribution < 1.29 is 13.2 Å². The molecule has 0 aliphatic carbocycles. The first kappa shape index (κ1) is 13.5. The second kappa shape index (κ2) is 4.97. The predicted octanol–water partition coefficient (Wildman–Crippen LogP) is 2.99. The van der Waals surface area contributed by atoms with E-state index in [4.69, 9.17) is 11.6 Å². The van der Waals surface area contributed by atoms with Crippen LogP contribution in [-0.4, -0.2) is 31.9 Å². The summed E-state index contributed by atoms with van der Waals surface area (Å²) in [7, 11) is 0. The molecule has 2 nitrogen and oxygen atoms in total. The summed E-state index contributed by atoms with van der Waals surface area (Å²) in [5.74, 6) is 0. The highest BCUT2D eigenvalue weighted by Gasteiger charge is 2.41. The minimum absolute atomic E-state index is 0.0649. The van der Waals surface area contributed by atoms with E-state index in [1.54, 1.807) is 17.0 Å². The number of benzene rings is 1. The summed E-state index contributed by atoms with van der Waals surface area (Å²) in [5, 5.41) is 3.12.